The number of anilines is 2. The molecule has 0 unspecified atom stereocenters. The Hall–Kier alpha value is -3.14. The number of hydrogen-bond acceptors (Lipinski definition) is 3. The second-order valence-corrected chi connectivity index (χ2v) is 5.87. The molecule has 1 aromatic heterocycles. The van der Waals surface area contributed by atoms with Crippen molar-refractivity contribution >= 4 is 17.4 Å². The van der Waals surface area contributed by atoms with Crippen LogP contribution in [0.4, 0.5) is 11.5 Å². The molecular weight excluding hydrogens is 298 g/mol. The first-order chi connectivity index (χ1) is 11.8. The van der Waals surface area contributed by atoms with Crippen molar-refractivity contribution in [1.82, 2.24) is 4.98 Å². The Morgan fingerprint density at radius 1 is 1.00 bits per heavy atom. The topological polar surface area (TPSA) is 54.0 Å². The van der Waals surface area contributed by atoms with Gasteiger partial charge in [0.15, 0.2) is 0 Å². The third kappa shape index (κ3) is 2.99. The molecule has 2 N–H and O–H groups in total. The monoisotopic (exact) mass is 315 g/mol. The van der Waals surface area contributed by atoms with Gasteiger partial charge >= 0.3 is 0 Å². The van der Waals surface area contributed by atoms with Crippen molar-refractivity contribution in [2.24, 2.45) is 0 Å². The molecule has 24 heavy (non-hydrogen) atoms. The SMILES string of the molecule is O=C1Cc2ccc(-c3ccc(NCc4ccccc4)nc3)cc2N1. The zero-order valence-electron chi connectivity index (χ0n) is 13.1. The molecular formula is C20H17N3O. The number of hydrogen-bond donors (Lipinski definition) is 2. The van der Waals surface area contributed by atoms with E-state index in [0.29, 0.717) is 6.42 Å². The van der Waals surface area contributed by atoms with Crippen molar-refractivity contribution in [1.29, 1.82) is 0 Å². The summed E-state index contributed by atoms with van der Waals surface area (Å²) in [5.41, 5.74) is 5.27. The second kappa shape index (κ2) is 6.16. The number of aromatic nitrogens is 1. The standard InChI is InChI=1S/C20H17N3O/c24-20-11-16-7-6-15(10-18(16)23-20)17-8-9-19(22-13-17)21-12-14-4-2-1-3-5-14/h1-10,13H,11-12H2,(H,21,22)(H,23,24). The van der Waals surface area contributed by atoms with Crippen LogP contribution in [-0.2, 0) is 17.8 Å². The molecule has 118 valence electrons. The van der Waals surface area contributed by atoms with Crippen LogP contribution in [0.5, 0.6) is 0 Å². The molecule has 0 saturated heterocycles. The van der Waals surface area contributed by atoms with E-state index in [4.69, 9.17) is 0 Å². The summed E-state index contributed by atoms with van der Waals surface area (Å²) < 4.78 is 0. The number of carbonyl (C=O) groups is 1. The number of pyridine rings is 1. The fraction of sp³-hybridized carbons (Fsp3) is 0.100. The maximum atomic E-state index is 11.4. The molecule has 0 aliphatic carbocycles. The molecule has 1 amide bonds. The normalized spacial score (nSPS) is 12.6. The average Bonchev–Trinajstić information content (AvgIpc) is 3.00. The summed E-state index contributed by atoms with van der Waals surface area (Å²) in [6.45, 7) is 0.748. The van der Waals surface area contributed by atoms with Gasteiger partial charge in [-0.15, -0.1) is 0 Å². The Balaban J connectivity index is 1.48. The van der Waals surface area contributed by atoms with Crippen LogP contribution in [0.1, 0.15) is 11.1 Å². The lowest BCUT2D eigenvalue weighted by atomic mass is 10.0. The maximum absolute atomic E-state index is 11.4. The first-order valence-corrected chi connectivity index (χ1v) is 7.95. The van der Waals surface area contributed by atoms with Gasteiger partial charge in [0.25, 0.3) is 0 Å². The highest BCUT2D eigenvalue weighted by Gasteiger charge is 2.17. The molecule has 2 aromatic carbocycles. The van der Waals surface area contributed by atoms with Crippen LogP contribution in [0, 0.1) is 0 Å². The number of benzene rings is 2. The van der Waals surface area contributed by atoms with E-state index >= 15 is 0 Å². The Morgan fingerprint density at radius 3 is 2.62 bits per heavy atom. The predicted molar refractivity (Wildman–Crippen MR) is 95.8 cm³/mol. The predicted octanol–water partition coefficient (Wildman–Crippen LogP) is 3.86. The van der Waals surface area contributed by atoms with Crippen molar-refractivity contribution in [2.75, 3.05) is 10.6 Å². The van der Waals surface area contributed by atoms with E-state index in [1.807, 2.05) is 54.7 Å². The van der Waals surface area contributed by atoms with Gasteiger partial charge in [-0.2, -0.15) is 0 Å². The van der Waals surface area contributed by atoms with Crippen molar-refractivity contribution < 1.29 is 4.79 Å². The number of fused-ring (bicyclic) bond motifs is 1. The van der Waals surface area contributed by atoms with Crippen molar-refractivity contribution in [2.45, 2.75) is 13.0 Å². The Bertz CT molecular complexity index is 873. The van der Waals surface area contributed by atoms with E-state index in [2.05, 4.69) is 27.8 Å². The molecule has 3 aromatic rings. The van der Waals surface area contributed by atoms with Crippen molar-refractivity contribution in [3.05, 3.63) is 78.0 Å². The zero-order valence-corrected chi connectivity index (χ0v) is 13.1. The molecule has 0 saturated carbocycles. The lowest BCUT2D eigenvalue weighted by molar-refractivity contribution is -0.115. The van der Waals surface area contributed by atoms with Gasteiger partial charge in [0, 0.05) is 24.0 Å². The van der Waals surface area contributed by atoms with Gasteiger partial charge in [-0.05, 0) is 34.9 Å². The fourth-order valence-corrected chi connectivity index (χ4v) is 2.85. The smallest absolute Gasteiger partial charge is 0.228 e. The Morgan fingerprint density at radius 2 is 1.83 bits per heavy atom. The van der Waals surface area contributed by atoms with E-state index in [9.17, 15) is 4.79 Å². The Kier molecular flexibility index (Phi) is 3.71. The number of nitrogens with one attached hydrogen (secondary N) is 2. The maximum Gasteiger partial charge on any atom is 0.228 e. The summed E-state index contributed by atoms with van der Waals surface area (Å²) in [7, 11) is 0. The Labute approximate surface area is 140 Å². The molecule has 4 nitrogen and oxygen atoms in total. The number of amides is 1. The van der Waals surface area contributed by atoms with Crippen LogP contribution < -0.4 is 10.6 Å². The molecule has 0 radical (unpaired) electrons. The molecule has 0 fully saturated rings. The minimum atomic E-state index is 0.0562. The highest BCUT2D eigenvalue weighted by Crippen LogP contribution is 2.29. The van der Waals surface area contributed by atoms with E-state index in [0.717, 1.165) is 34.7 Å². The molecule has 1 aliphatic rings. The minimum absolute atomic E-state index is 0.0562. The van der Waals surface area contributed by atoms with E-state index in [1.54, 1.807) is 0 Å². The highest BCUT2D eigenvalue weighted by molar-refractivity contribution is 5.99. The van der Waals surface area contributed by atoms with Crippen LogP contribution in [-0.4, -0.2) is 10.9 Å². The number of nitrogens with zero attached hydrogens (tertiary/aromatic N) is 1. The first kappa shape index (κ1) is 14.5. The quantitative estimate of drug-likeness (QED) is 0.769. The highest BCUT2D eigenvalue weighted by atomic mass is 16.1. The summed E-state index contributed by atoms with van der Waals surface area (Å²) in [6.07, 6.45) is 2.32. The lowest BCUT2D eigenvalue weighted by Crippen LogP contribution is -2.03. The molecule has 4 heteroatoms. The molecule has 0 atom stereocenters. The van der Waals surface area contributed by atoms with Gasteiger partial charge in [0.2, 0.25) is 5.91 Å². The van der Waals surface area contributed by atoms with E-state index < -0.39 is 0 Å². The van der Waals surface area contributed by atoms with Gasteiger partial charge in [-0.1, -0.05) is 42.5 Å². The largest absolute Gasteiger partial charge is 0.366 e. The zero-order chi connectivity index (χ0) is 16.4. The van der Waals surface area contributed by atoms with Gasteiger partial charge in [0.1, 0.15) is 5.82 Å². The van der Waals surface area contributed by atoms with Crippen LogP contribution in [0.15, 0.2) is 66.9 Å². The van der Waals surface area contributed by atoms with Crippen LogP contribution in [0.2, 0.25) is 0 Å². The van der Waals surface area contributed by atoms with Gasteiger partial charge in [0.05, 0.1) is 6.42 Å². The number of rotatable bonds is 4. The lowest BCUT2D eigenvalue weighted by Gasteiger charge is -2.08. The van der Waals surface area contributed by atoms with E-state index in [-0.39, 0.29) is 5.91 Å². The summed E-state index contributed by atoms with van der Waals surface area (Å²) >= 11 is 0. The van der Waals surface area contributed by atoms with Crippen LogP contribution in [0.3, 0.4) is 0 Å². The molecule has 0 bridgehead atoms. The molecule has 1 aliphatic heterocycles. The fourth-order valence-electron chi connectivity index (χ4n) is 2.85. The first-order valence-electron chi connectivity index (χ1n) is 7.95. The van der Waals surface area contributed by atoms with Crippen molar-refractivity contribution in [3.8, 4) is 11.1 Å². The molecule has 0 spiro atoms. The third-order valence-electron chi connectivity index (χ3n) is 4.15. The number of carbonyl (C=O) groups excluding carboxylic acids is 1. The summed E-state index contributed by atoms with van der Waals surface area (Å²) in [5.74, 6) is 0.901. The van der Waals surface area contributed by atoms with Gasteiger partial charge < -0.3 is 10.6 Å². The molecule has 2 heterocycles. The van der Waals surface area contributed by atoms with Crippen molar-refractivity contribution in [3.63, 3.8) is 0 Å². The molecule has 4 rings (SSSR count). The minimum Gasteiger partial charge on any atom is -0.366 e. The summed E-state index contributed by atoms with van der Waals surface area (Å²) in [5, 5.41) is 6.20. The average molecular weight is 315 g/mol. The van der Waals surface area contributed by atoms with Crippen LogP contribution >= 0.6 is 0 Å². The summed E-state index contributed by atoms with van der Waals surface area (Å²) in [4.78, 5) is 15.9. The summed E-state index contributed by atoms with van der Waals surface area (Å²) in [6, 6.07) is 20.3. The van der Waals surface area contributed by atoms with Gasteiger partial charge in [-0.25, -0.2) is 4.98 Å². The van der Waals surface area contributed by atoms with E-state index in [1.165, 1.54) is 5.56 Å². The third-order valence-corrected chi connectivity index (χ3v) is 4.15. The van der Waals surface area contributed by atoms with Gasteiger partial charge in [-0.3, -0.25) is 4.79 Å². The van der Waals surface area contributed by atoms with Crippen LogP contribution in [0.25, 0.3) is 11.1 Å². The second-order valence-electron chi connectivity index (χ2n) is 5.87.